The van der Waals surface area contributed by atoms with E-state index in [1.807, 2.05) is 6.07 Å². The summed E-state index contributed by atoms with van der Waals surface area (Å²) >= 11 is 0. The van der Waals surface area contributed by atoms with Gasteiger partial charge in [0.1, 0.15) is 17.5 Å². The highest BCUT2D eigenvalue weighted by Crippen LogP contribution is 2.16. The van der Waals surface area contributed by atoms with E-state index in [2.05, 4.69) is 32.5 Å². The summed E-state index contributed by atoms with van der Waals surface area (Å²) in [7, 11) is 2.09. The smallest absolute Gasteiger partial charge is 0.254 e. The molecule has 2 aromatic rings. The molecule has 1 aromatic heterocycles. The molecule has 0 atom stereocenters. The average molecular weight is 403 g/mol. The third-order valence-corrected chi connectivity index (χ3v) is 4.67. The summed E-state index contributed by atoms with van der Waals surface area (Å²) in [6.07, 6.45) is 1.60. The lowest BCUT2D eigenvalue weighted by molar-refractivity contribution is -0.116. The van der Waals surface area contributed by atoms with Crippen molar-refractivity contribution in [3.63, 3.8) is 0 Å². The number of carbonyl (C=O) groups is 2. The van der Waals surface area contributed by atoms with Crippen LogP contribution < -0.4 is 15.5 Å². The Hall–Kier alpha value is -3.07. The minimum absolute atomic E-state index is 0.00870. The van der Waals surface area contributed by atoms with Crippen molar-refractivity contribution in [2.75, 3.05) is 50.0 Å². The number of pyridine rings is 1. The third-order valence-electron chi connectivity index (χ3n) is 4.67. The lowest BCUT2D eigenvalue weighted by atomic mass is 10.2. The maximum atomic E-state index is 13.6. The van der Waals surface area contributed by atoms with Crippen molar-refractivity contribution < 1.29 is 18.4 Å². The normalized spacial score (nSPS) is 14.5. The summed E-state index contributed by atoms with van der Waals surface area (Å²) in [5.74, 6) is -1.85. The predicted octanol–water partition coefficient (Wildman–Crippen LogP) is 1.87. The Bertz CT molecular complexity index is 868. The maximum Gasteiger partial charge on any atom is 0.254 e. The van der Waals surface area contributed by atoms with E-state index in [1.165, 1.54) is 0 Å². The third kappa shape index (κ3) is 5.71. The first-order valence-corrected chi connectivity index (χ1v) is 9.35. The van der Waals surface area contributed by atoms with Crippen molar-refractivity contribution in [3.05, 3.63) is 53.7 Å². The minimum atomic E-state index is -0.946. The van der Waals surface area contributed by atoms with Crippen molar-refractivity contribution in [1.82, 2.24) is 15.2 Å². The number of amides is 2. The number of carbonyl (C=O) groups excluding carboxylic acids is 2. The van der Waals surface area contributed by atoms with E-state index in [0.717, 1.165) is 44.1 Å². The van der Waals surface area contributed by atoms with Gasteiger partial charge in [0.05, 0.1) is 17.4 Å². The van der Waals surface area contributed by atoms with Gasteiger partial charge in [-0.15, -0.1) is 0 Å². The zero-order valence-electron chi connectivity index (χ0n) is 16.1. The van der Waals surface area contributed by atoms with Gasteiger partial charge in [-0.05, 0) is 31.3 Å². The minimum Gasteiger partial charge on any atom is -0.354 e. The average Bonchev–Trinajstić information content (AvgIpc) is 2.69. The van der Waals surface area contributed by atoms with Gasteiger partial charge in [-0.25, -0.2) is 13.8 Å². The molecule has 2 amide bonds. The van der Waals surface area contributed by atoms with E-state index in [9.17, 15) is 18.4 Å². The van der Waals surface area contributed by atoms with Crippen LogP contribution in [0.25, 0.3) is 0 Å². The number of likely N-dealkylation sites (N-methyl/N-ethyl adjacent to an activating group) is 1. The number of halogens is 2. The number of benzene rings is 1. The van der Waals surface area contributed by atoms with Crippen LogP contribution in [0.1, 0.15) is 16.8 Å². The van der Waals surface area contributed by atoms with Gasteiger partial charge < -0.3 is 20.4 Å². The number of nitrogens with zero attached hydrogens (tertiary/aromatic N) is 3. The second kappa shape index (κ2) is 9.42. The fourth-order valence-electron chi connectivity index (χ4n) is 2.96. The van der Waals surface area contributed by atoms with Crippen LogP contribution in [-0.4, -0.2) is 61.5 Å². The molecule has 1 saturated heterocycles. The molecule has 1 fully saturated rings. The number of aromatic nitrogens is 1. The molecule has 7 nitrogen and oxygen atoms in total. The molecule has 1 aliphatic heterocycles. The van der Waals surface area contributed by atoms with Gasteiger partial charge in [0.15, 0.2) is 0 Å². The number of hydrogen-bond donors (Lipinski definition) is 2. The molecule has 0 spiro atoms. The summed E-state index contributed by atoms with van der Waals surface area (Å²) < 4.78 is 26.5. The lowest BCUT2D eigenvalue weighted by Gasteiger charge is -2.33. The second-order valence-electron chi connectivity index (χ2n) is 6.87. The zero-order valence-corrected chi connectivity index (χ0v) is 16.1. The summed E-state index contributed by atoms with van der Waals surface area (Å²) in [5.41, 5.74) is 0.291. The largest absolute Gasteiger partial charge is 0.354 e. The topological polar surface area (TPSA) is 77.6 Å². The highest BCUT2D eigenvalue weighted by atomic mass is 19.1. The molecule has 0 unspecified atom stereocenters. The van der Waals surface area contributed by atoms with E-state index in [-0.39, 0.29) is 24.4 Å². The van der Waals surface area contributed by atoms with Crippen LogP contribution >= 0.6 is 0 Å². The molecule has 154 valence electrons. The highest BCUT2D eigenvalue weighted by molar-refractivity contribution is 5.95. The van der Waals surface area contributed by atoms with Gasteiger partial charge in [-0.2, -0.15) is 0 Å². The van der Waals surface area contributed by atoms with Crippen molar-refractivity contribution in [2.24, 2.45) is 0 Å². The Morgan fingerprint density at radius 2 is 1.86 bits per heavy atom. The number of hydrogen-bond acceptors (Lipinski definition) is 5. The Balaban J connectivity index is 1.44. The molecule has 1 aromatic carbocycles. The van der Waals surface area contributed by atoms with Gasteiger partial charge in [-0.3, -0.25) is 9.59 Å². The molecule has 0 aliphatic carbocycles. The summed E-state index contributed by atoms with van der Waals surface area (Å²) in [6.45, 7) is 3.79. The van der Waals surface area contributed by atoms with Gasteiger partial charge in [0, 0.05) is 45.2 Å². The molecule has 2 heterocycles. The summed E-state index contributed by atoms with van der Waals surface area (Å²) in [5, 5.41) is 5.15. The Labute approximate surface area is 167 Å². The van der Waals surface area contributed by atoms with E-state index < -0.39 is 17.5 Å². The SMILES string of the molecule is CN1CCN(c2ccc(NC(=O)CCNC(=O)c3ccc(F)cc3F)cn2)CC1. The van der Waals surface area contributed by atoms with Crippen LogP contribution in [0, 0.1) is 11.6 Å². The van der Waals surface area contributed by atoms with Crippen LogP contribution in [0.3, 0.4) is 0 Å². The van der Waals surface area contributed by atoms with Crippen molar-refractivity contribution in [1.29, 1.82) is 0 Å². The monoisotopic (exact) mass is 403 g/mol. The second-order valence-corrected chi connectivity index (χ2v) is 6.87. The molecule has 1 aliphatic rings. The first-order valence-electron chi connectivity index (χ1n) is 9.35. The molecule has 3 rings (SSSR count). The Morgan fingerprint density at radius 1 is 1.10 bits per heavy atom. The quantitative estimate of drug-likeness (QED) is 0.770. The first-order chi connectivity index (χ1) is 13.9. The molecular weight excluding hydrogens is 380 g/mol. The van der Waals surface area contributed by atoms with Crippen LogP contribution in [0.5, 0.6) is 0 Å². The van der Waals surface area contributed by atoms with E-state index >= 15 is 0 Å². The van der Waals surface area contributed by atoms with Gasteiger partial charge in [-0.1, -0.05) is 0 Å². The van der Waals surface area contributed by atoms with Crippen molar-refractivity contribution in [3.8, 4) is 0 Å². The molecule has 0 saturated carbocycles. The fourth-order valence-corrected chi connectivity index (χ4v) is 2.96. The number of anilines is 2. The van der Waals surface area contributed by atoms with Crippen LogP contribution in [0.4, 0.5) is 20.3 Å². The maximum absolute atomic E-state index is 13.6. The van der Waals surface area contributed by atoms with Crippen LogP contribution in [-0.2, 0) is 4.79 Å². The van der Waals surface area contributed by atoms with Gasteiger partial charge >= 0.3 is 0 Å². The predicted molar refractivity (Wildman–Crippen MR) is 106 cm³/mol. The molecule has 9 heteroatoms. The van der Waals surface area contributed by atoms with Crippen molar-refractivity contribution in [2.45, 2.75) is 6.42 Å². The van der Waals surface area contributed by atoms with Gasteiger partial charge in [0.2, 0.25) is 5.91 Å². The van der Waals surface area contributed by atoms with E-state index in [0.29, 0.717) is 11.8 Å². The Kier molecular flexibility index (Phi) is 6.71. The summed E-state index contributed by atoms with van der Waals surface area (Å²) in [6, 6.07) is 6.35. The lowest BCUT2D eigenvalue weighted by Crippen LogP contribution is -2.44. The van der Waals surface area contributed by atoms with E-state index in [1.54, 1.807) is 12.3 Å². The number of rotatable bonds is 6. The highest BCUT2D eigenvalue weighted by Gasteiger charge is 2.15. The Morgan fingerprint density at radius 3 is 2.52 bits per heavy atom. The first kappa shape index (κ1) is 20.7. The van der Waals surface area contributed by atoms with Crippen LogP contribution in [0.15, 0.2) is 36.5 Å². The number of nitrogens with one attached hydrogen (secondary N) is 2. The molecule has 29 heavy (non-hydrogen) atoms. The van der Waals surface area contributed by atoms with Crippen LogP contribution in [0.2, 0.25) is 0 Å². The molecular formula is C20H23F2N5O2. The fraction of sp³-hybridized carbons (Fsp3) is 0.350. The standard InChI is InChI=1S/C20H23F2N5O2/c1-26-8-10-27(11-9-26)18-5-3-15(13-24-18)25-19(28)6-7-23-20(29)16-4-2-14(21)12-17(16)22/h2-5,12-13H,6-11H2,1H3,(H,23,29)(H,25,28). The molecule has 0 bridgehead atoms. The molecule has 0 radical (unpaired) electrons. The molecule has 2 N–H and O–H groups in total. The van der Waals surface area contributed by atoms with Crippen molar-refractivity contribution >= 4 is 23.3 Å². The zero-order chi connectivity index (χ0) is 20.8. The van der Waals surface area contributed by atoms with Gasteiger partial charge in [0.25, 0.3) is 5.91 Å². The number of piperazine rings is 1. The van der Waals surface area contributed by atoms with E-state index in [4.69, 9.17) is 0 Å². The summed E-state index contributed by atoms with van der Waals surface area (Å²) in [4.78, 5) is 32.8.